The Morgan fingerprint density at radius 1 is 0.920 bits per heavy atom. The topological polar surface area (TPSA) is 52.6 Å². The summed E-state index contributed by atoms with van der Waals surface area (Å²) in [5.74, 6) is -1.20. The fraction of sp³-hybridized carbons (Fsp3) is 0.524. The molecule has 0 saturated heterocycles. The molecule has 0 aliphatic heterocycles. The van der Waals surface area contributed by atoms with E-state index in [1.807, 2.05) is 30.4 Å². The quantitative estimate of drug-likeness (QED) is 0.613. The third-order valence-corrected chi connectivity index (χ3v) is 5.44. The normalized spacial score (nSPS) is 29.0. The van der Waals surface area contributed by atoms with Crippen molar-refractivity contribution in [3.05, 3.63) is 48.0 Å². The molecule has 1 aromatic rings. The van der Waals surface area contributed by atoms with Crippen molar-refractivity contribution in [1.82, 2.24) is 0 Å². The molecule has 4 nitrogen and oxygen atoms in total. The van der Waals surface area contributed by atoms with E-state index in [0.717, 1.165) is 25.7 Å². The lowest BCUT2D eigenvalue weighted by atomic mass is 9.80. The van der Waals surface area contributed by atoms with Crippen LogP contribution in [-0.2, 0) is 19.1 Å². The molecule has 3 rings (SSSR count). The molecule has 134 valence electrons. The van der Waals surface area contributed by atoms with Gasteiger partial charge in [0, 0.05) is 5.92 Å². The first kappa shape index (κ1) is 17.7. The summed E-state index contributed by atoms with van der Waals surface area (Å²) < 4.78 is 10.8. The summed E-state index contributed by atoms with van der Waals surface area (Å²) in [5, 5.41) is 0. The maximum absolute atomic E-state index is 12.8. The fourth-order valence-corrected chi connectivity index (χ4v) is 4.04. The molecule has 2 aliphatic carbocycles. The molecule has 0 spiro atoms. The van der Waals surface area contributed by atoms with Crippen molar-refractivity contribution in [3.63, 3.8) is 0 Å². The molecular formula is C21H26O4. The monoisotopic (exact) mass is 342 g/mol. The zero-order valence-electron chi connectivity index (χ0n) is 14.7. The number of benzene rings is 1. The van der Waals surface area contributed by atoms with E-state index in [-0.39, 0.29) is 24.0 Å². The van der Waals surface area contributed by atoms with Crippen LogP contribution in [0, 0.1) is 11.8 Å². The second-order valence-corrected chi connectivity index (χ2v) is 6.96. The Balaban J connectivity index is 1.71. The molecule has 1 fully saturated rings. The van der Waals surface area contributed by atoms with Gasteiger partial charge in [-0.3, -0.25) is 9.59 Å². The lowest BCUT2D eigenvalue weighted by Gasteiger charge is -2.33. The van der Waals surface area contributed by atoms with Crippen LogP contribution in [0.25, 0.3) is 0 Å². The highest BCUT2D eigenvalue weighted by Gasteiger charge is 2.38. The summed E-state index contributed by atoms with van der Waals surface area (Å²) in [7, 11) is 1.37. The van der Waals surface area contributed by atoms with Gasteiger partial charge in [-0.25, -0.2) is 0 Å². The molecule has 0 N–H and O–H groups in total. The highest BCUT2D eigenvalue weighted by atomic mass is 16.5. The smallest absolute Gasteiger partial charge is 0.310 e. The predicted octanol–water partition coefficient (Wildman–Crippen LogP) is 4.01. The summed E-state index contributed by atoms with van der Waals surface area (Å²) in [5.41, 5.74) is 1.23. The minimum Gasteiger partial charge on any atom is -0.469 e. The summed E-state index contributed by atoms with van der Waals surface area (Å²) in [4.78, 5) is 24.8. The van der Waals surface area contributed by atoms with Crippen LogP contribution in [-0.4, -0.2) is 25.2 Å². The molecule has 1 aromatic carbocycles. The number of methoxy groups -OCH3 is 1. The summed E-state index contributed by atoms with van der Waals surface area (Å²) in [6, 6.07) is 10.3. The summed E-state index contributed by atoms with van der Waals surface area (Å²) in [6.45, 7) is 0. The van der Waals surface area contributed by atoms with Crippen molar-refractivity contribution in [1.29, 1.82) is 0 Å². The van der Waals surface area contributed by atoms with Gasteiger partial charge < -0.3 is 9.47 Å². The first-order valence-corrected chi connectivity index (χ1v) is 9.19. The van der Waals surface area contributed by atoms with Crippen LogP contribution in [0.15, 0.2) is 42.5 Å². The van der Waals surface area contributed by atoms with Gasteiger partial charge in [0.15, 0.2) is 0 Å². The Hall–Kier alpha value is -2.10. The molecular weight excluding hydrogens is 316 g/mol. The van der Waals surface area contributed by atoms with Gasteiger partial charge in [0.25, 0.3) is 0 Å². The number of rotatable bonds is 4. The van der Waals surface area contributed by atoms with Gasteiger partial charge in [-0.1, -0.05) is 48.9 Å². The predicted molar refractivity (Wildman–Crippen MR) is 94.9 cm³/mol. The van der Waals surface area contributed by atoms with E-state index in [1.54, 1.807) is 0 Å². The van der Waals surface area contributed by atoms with Crippen molar-refractivity contribution in [2.45, 2.75) is 50.5 Å². The standard InChI is InChI=1S/C21H26O4/c1-24-20(22)17-12-5-6-13-18(17)21(23)25-19-14-8-7-11-16(19)15-9-3-2-4-10-15/h2-6,9-10,16-19H,7-8,11-14H2,1H3/t16-,17+,18-,19+/m1/s1. The number of hydrogen-bond acceptors (Lipinski definition) is 4. The van der Waals surface area contributed by atoms with E-state index in [9.17, 15) is 9.59 Å². The second-order valence-electron chi connectivity index (χ2n) is 6.96. The van der Waals surface area contributed by atoms with Crippen LogP contribution in [0.5, 0.6) is 0 Å². The van der Waals surface area contributed by atoms with Crippen molar-refractivity contribution in [2.24, 2.45) is 11.8 Å². The molecule has 0 heterocycles. The Labute approximate surface area is 149 Å². The number of carbonyl (C=O) groups is 2. The van der Waals surface area contributed by atoms with Gasteiger partial charge in [0.1, 0.15) is 6.10 Å². The van der Waals surface area contributed by atoms with Gasteiger partial charge in [-0.15, -0.1) is 0 Å². The van der Waals surface area contributed by atoms with E-state index < -0.39 is 11.8 Å². The first-order chi connectivity index (χ1) is 12.2. The second kappa shape index (κ2) is 8.32. The van der Waals surface area contributed by atoms with Crippen molar-refractivity contribution < 1.29 is 19.1 Å². The third-order valence-electron chi connectivity index (χ3n) is 5.44. The van der Waals surface area contributed by atoms with E-state index >= 15 is 0 Å². The highest BCUT2D eigenvalue weighted by molar-refractivity contribution is 5.82. The van der Waals surface area contributed by atoms with Crippen molar-refractivity contribution in [2.75, 3.05) is 7.11 Å². The molecule has 4 atom stereocenters. The maximum atomic E-state index is 12.8. The SMILES string of the molecule is COC(=O)[C@H]1CC=CC[C@H]1C(=O)O[C@H]1CCCC[C@@H]1c1ccccc1. The molecule has 0 aromatic heterocycles. The number of hydrogen-bond donors (Lipinski definition) is 0. The Bertz CT molecular complexity index is 622. The molecule has 0 amide bonds. The average molecular weight is 342 g/mol. The van der Waals surface area contributed by atoms with Gasteiger partial charge >= 0.3 is 11.9 Å². The number of esters is 2. The summed E-state index contributed by atoms with van der Waals surface area (Å²) >= 11 is 0. The van der Waals surface area contributed by atoms with Gasteiger partial charge in [0.2, 0.25) is 0 Å². The Morgan fingerprint density at radius 3 is 2.24 bits per heavy atom. The molecule has 4 heteroatoms. The largest absolute Gasteiger partial charge is 0.469 e. The average Bonchev–Trinajstić information content (AvgIpc) is 2.68. The Morgan fingerprint density at radius 2 is 1.56 bits per heavy atom. The highest BCUT2D eigenvalue weighted by Crippen LogP contribution is 2.36. The van der Waals surface area contributed by atoms with Crippen LogP contribution in [0.2, 0.25) is 0 Å². The van der Waals surface area contributed by atoms with Crippen molar-refractivity contribution >= 4 is 11.9 Å². The minimum atomic E-state index is -0.434. The molecule has 2 aliphatic rings. The number of carbonyl (C=O) groups excluding carboxylic acids is 2. The van der Waals surface area contributed by atoms with Crippen LogP contribution in [0.4, 0.5) is 0 Å². The fourth-order valence-electron chi connectivity index (χ4n) is 4.04. The minimum absolute atomic E-state index is 0.104. The number of allylic oxidation sites excluding steroid dienone is 2. The van der Waals surface area contributed by atoms with Gasteiger partial charge in [-0.2, -0.15) is 0 Å². The van der Waals surface area contributed by atoms with E-state index in [0.29, 0.717) is 12.8 Å². The van der Waals surface area contributed by atoms with Crippen LogP contribution < -0.4 is 0 Å². The third kappa shape index (κ3) is 4.12. The first-order valence-electron chi connectivity index (χ1n) is 9.19. The number of ether oxygens (including phenoxy) is 2. The maximum Gasteiger partial charge on any atom is 0.310 e. The molecule has 0 bridgehead atoms. The van der Waals surface area contributed by atoms with Crippen LogP contribution in [0.1, 0.15) is 50.0 Å². The molecule has 0 radical (unpaired) electrons. The molecule has 0 unspecified atom stereocenters. The van der Waals surface area contributed by atoms with Gasteiger partial charge in [0.05, 0.1) is 18.9 Å². The molecule has 1 saturated carbocycles. The molecule has 25 heavy (non-hydrogen) atoms. The lowest BCUT2D eigenvalue weighted by molar-refractivity contribution is -0.165. The van der Waals surface area contributed by atoms with Crippen LogP contribution >= 0.6 is 0 Å². The summed E-state index contributed by atoms with van der Waals surface area (Å²) in [6.07, 6.45) is 9.04. The lowest BCUT2D eigenvalue weighted by Crippen LogP contribution is -2.37. The zero-order chi connectivity index (χ0) is 17.6. The van der Waals surface area contributed by atoms with E-state index in [4.69, 9.17) is 9.47 Å². The van der Waals surface area contributed by atoms with E-state index in [2.05, 4.69) is 12.1 Å². The van der Waals surface area contributed by atoms with E-state index in [1.165, 1.54) is 12.7 Å². The van der Waals surface area contributed by atoms with Crippen molar-refractivity contribution in [3.8, 4) is 0 Å². The van der Waals surface area contributed by atoms with Crippen LogP contribution in [0.3, 0.4) is 0 Å². The van der Waals surface area contributed by atoms with Gasteiger partial charge in [-0.05, 0) is 37.7 Å². The Kier molecular flexibility index (Phi) is 5.90. The zero-order valence-corrected chi connectivity index (χ0v) is 14.7.